The minimum Gasteiger partial charge on any atom is -0.481 e. The van der Waals surface area contributed by atoms with E-state index in [0.717, 1.165) is 51.8 Å². The number of hydrogen-bond donors (Lipinski definition) is 2. The number of amides is 2. The lowest BCUT2D eigenvalue weighted by Crippen LogP contribution is -2.47. The number of carbonyl (C=O) groups is 2. The fourth-order valence-electron chi connectivity index (χ4n) is 3.69. The number of ether oxygens (including phenoxy) is 1. The summed E-state index contributed by atoms with van der Waals surface area (Å²) in [6.07, 6.45) is 7.26. The first kappa shape index (κ1) is 18.0. The van der Waals surface area contributed by atoms with Crippen LogP contribution in [0.4, 0.5) is 4.79 Å². The monoisotopic (exact) mass is 326 g/mol. The van der Waals surface area contributed by atoms with Crippen LogP contribution >= 0.6 is 0 Å². The van der Waals surface area contributed by atoms with Gasteiger partial charge in [-0.05, 0) is 50.9 Å². The van der Waals surface area contributed by atoms with Crippen LogP contribution in [0.3, 0.4) is 0 Å². The molecule has 1 heterocycles. The molecule has 23 heavy (non-hydrogen) atoms. The molecule has 1 atom stereocenters. The fourth-order valence-corrected chi connectivity index (χ4v) is 3.69. The van der Waals surface area contributed by atoms with Gasteiger partial charge in [0.25, 0.3) is 0 Å². The predicted molar refractivity (Wildman–Crippen MR) is 87.3 cm³/mol. The molecule has 0 aromatic rings. The van der Waals surface area contributed by atoms with E-state index < -0.39 is 5.97 Å². The zero-order valence-corrected chi connectivity index (χ0v) is 14.1. The van der Waals surface area contributed by atoms with E-state index >= 15 is 0 Å². The van der Waals surface area contributed by atoms with Crippen molar-refractivity contribution >= 4 is 12.0 Å². The number of carboxylic acid groups (broad SMARTS) is 1. The third-order valence-corrected chi connectivity index (χ3v) is 5.19. The summed E-state index contributed by atoms with van der Waals surface area (Å²) in [7, 11) is 1.72. The Morgan fingerprint density at radius 1 is 1.17 bits per heavy atom. The molecule has 1 aliphatic carbocycles. The van der Waals surface area contributed by atoms with Crippen LogP contribution in [-0.2, 0) is 9.53 Å². The quantitative estimate of drug-likeness (QED) is 0.813. The van der Waals surface area contributed by atoms with E-state index in [-0.39, 0.29) is 18.0 Å². The number of likely N-dealkylation sites (tertiary alicyclic amines) is 1. The second kappa shape index (κ2) is 9.11. The van der Waals surface area contributed by atoms with Gasteiger partial charge in [0.2, 0.25) is 0 Å². The molecular formula is C17H30N2O4. The maximum absolute atomic E-state index is 12.5. The van der Waals surface area contributed by atoms with E-state index in [1.165, 1.54) is 6.42 Å². The number of urea groups is 1. The molecule has 0 aromatic carbocycles. The molecule has 2 amide bonds. The Kier molecular flexibility index (Phi) is 7.15. The lowest BCUT2D eigenvalue weighted by Gasteiger charge is -2.30. The summed E-state index contributed by atoms with van der Waals surface area (Å²) < 4.78 is 5.16. The normalized spacial score (nSPS) is 28.9. The molecule has 0 radical (unpaired) electrons. The standard InChI is InChI=1S/C17H30N2O4/c1-23-11-9-13-4-2-3-10-19(12-13)17(22)18-15-7-5-14(6-8-15)16(20)21/h13-15H,2-12H2,1H3,(H,18,22)(H,20,21). The van der Waals surface area contributed by atoms with Crippen molar-refractivity contribution in [3.8, 4) is 0 Å². The lowest BCUT2D eigenvalue weighted by molar-refractivity contribution is -0.142. The van der Waals surface area contributed by atoms with Crippen molar-refractivity contribution in [3.63, 3.8) is 0 Å². The molecule has 1 saturated carbocycles. The largest absolute Gasteiger partial charge is 0.481 e. The fraction of sp³-hybridized carbons (Fsp3) is 0.882. The highest BCUT2D eigenvalue weighted by molar-refractivity contribution is 5.74. The van der Waals surface area contributed by atoms with Crippen molar-refractivity contribution in [2.24, 2.45) is 11.8 Å². The molecule has 6 heteroatoms. The van der Waals surface area contributed by atoms with E-state index in [0.29, 0.717) is 18.8 Å². The molecule has 2 aliphatic rings. The van der Waals surface area contributed by atoms with Crippen molar-refractivity contribution in [2.75, 3.05) is 26.8 Å². The van der Waals surface area contributed by atoms with Crippen molar-refractivity contribution in [1.29, 1.82) is 0 Å². The number of carbonyl (C=O) groups excluding carboxylic acids is 1. The molecular weight excluding hydrogens is 296 g/mol. The maximum Gasteiger partial charge on any atom is 0.317 e. The van der Waals surface area contributed by atoms with Crippen molar-refractivity contribution in [1.82, 2.24) is 10.2 Å². The molecule has 132 valence electrons. The number of methoxy groups -OCH3 is 1. The zero-order valence-electron chi connectivity index (χ0n) is 14.1. The summed E-state index contributed by atoms with van der Waals surface area (Å²) in [6.45, 7) is 2.37. The van der Waals surface area contributed by atoms with E-state index in [1.54, 1.807) is 7.11 Å². The minimum atomic E-state index is -0.705. The average Bonchev–Trinajstić information content (AvgIpc) is 2.79. The van der Waals surface area contributed by atoms with E-state index in [9.17, 15) is 9.59 Å². The third kappa shape index (κ3) is 5.68. The molecule has 2 fully saturated rings. The number of nitrogens with one attached hydrogen (secondary N) is 1. The second-order valence-corrected chi connectivity index (χ2v) is 6.93. The van der Waals surface area contributed by atoms with Gasteiger partial charge in [-0.1, -0.05) is 6.42 Å². The first-order chi connectivity index (χ1) is 11.1. The number of hydrogen-bond acceptors (Lipinski definition) is 3. The SMILES string of the molecule is COCCC1CCCCN(C(=O)NC2CCC(C(=O)O)CC2)C1. The Morgan fingerprint density at radius 3 is 2.57 bits per heavy atom. The van der Waals surface area contributed by atoms with Crippen LogP contribution in [0.2, 0.25) is 0 Å². The average molecular weight is 326 g/mol. The topological polar surface area (TPSA) is 78.9 Å². The van der Waals surface area contributed by atoms with E-state index in [1.807, 2.05) is 4.90 Å². The van der Waals surface area contributed by atoms with Gasteiger partial charge in [-0.15, -0.1) is 0 Å². The van der Waals surface area contributed by atoms with Gasteiger partial charge in [0.15, 0.2) is 0 Å². The molecule has 2 rings (SSSR count). The summed E-state index contributed by atoms with van der Waals surface area (Å²) in [5.74, 6) is -0.422. The molecule has 0 spiro atoms. The summed E-state index contributed by atoms with van der Waals surface area (Å²) >= 11 is 0. The molecule has 1 unspecified atom stereocenters. The van der Waals surface area contributed by atoms with Gasteiger partial charge in [0.05, 0.1) is 5.92 Å². The summed E-state index contributed by atoms with van der Waals surface area (Å²) in [6, 6.07) is 0.145. The lowest BCUT2D eigenvalue weighted by atomic mass is 9.86. The first-order valence-electron chi connectivity index (χ1n) is 8.87. The number of carboxylic acids is 1. The molecule has 6 nitrogen and oxygen atoms in total. The van der Waals surface area contributed by atoms with Crippen LogP contribution in [0, 0.1) is 11.8 Å². The Balaban J connectivity index is 1.78. The van der Waals surface area contributed by atoms with Gasteiger partial charge < -0.3 is 20.1 Å². The van der Waals surface area contributed by atoms with Crippen molar-refractivity contribution in [3.05, 3.63) is 0 Å². The third-order valence-electron chi connectivity index (χ3n) is 5.19. The Labute approximate surface area is 138 Å². The minimum absolute atomic E-state index is 0.0214. The Hall–Kier alpha value is -1.30. The van der Waals surface area contributed by atoms with Crippen LogP contribution in [0.15, 0.2) is 0 Å². The summed E-state index contributed by atoms with van der Waals surface area (Å²) in [4.78, 5) is 25.4. The van der Waals surface area contributed by atoms with Crippen LogP contribution in [-0.4, -0.2) is 54.9 Å². The maximum atomic E-state index is 12.5. The number of nitrogens with zero attached hydrogens (tertiary/aromatic N) is 1. The number of aliphatic carboxylic acids is 1. The molecule has 0 bridgehead atoms. The smallest absolute Gasteiger partial charge is 0.317 e. The van der Waals surface area contributed by atoms with Gasteiger partial charge >= 0.3 is 12.0 Å². The van der Waals surface area contributed by atoms with Crippen LogP contribution < -0.4 is 5.32 Å². The summed E-state index contributed by atoms with van der Waals surface area (Å²) in [5, 5.41) is 12.2. The highest BCUT2D eigenvalue weighted by Gasteiger charge is 2.28. The second-order valence-electron chi connectivity index (χ2n) is 6.93. The molecule has 0 aromatic heterocycles. The number of rotatable bonds is 5. The van der Waals surface area contributed by atoms with Gasteiger partial charge in [-0.25, -0.2) is 4.79 Å². The molecule has 1 aliphatic heterocycles. The first-order valence-corrected chi connectivity index (χ1v) is 8.87. The Morgan fingerprint density at radius 2 is 1.91 bits per heavy atom. The van der Waals surface area contributed by atoms with Crippen molar-refractivity contribution in [2.45, 2.75) is 57.4 Å². The van der Waals surface area contributed by atoms with Crippen molar-refractivity contribution < 1.29 is 19.4 Å². The van der Waals surface area contributed by atoms with Gasteiger partial charge in [0, 0.05) is 32.8 Å². The van der Waals surface area contributed by atoms with Gasteiger partial charge in [-0.2, -0.15) is 0 Å². The highest BCUT2D eigenvalue weighted by atomic mass is 16.5. The van der Waals surface area contributed by atoms with Crippen LogP contribution in [0.25, 0.3) is 0 Å². The van der Waals surface area contributed by atoms with Crippen LogP contribution in [0.5, 0.6) is 0 Å². The zero-order chi connectivity index (χ0) is 16.7. The van der Waals surface area contributed by atoms with E-state index in [4.69, 9.17) is 9.84 Å². The highest BCUT2D eigenvalue weighted by Crippen LogP contribution is 2.25. The summed E-state index contributed by atoms with van der Waals surface area (Å²) in [5.41, 5.74) is 0. The van der Waals surface area contributed by atoms with Crippen LogP contribution in [0.1, 0.15) is 51.4 Å². The van der Waals surface area contributed by atoms with E-state index in [2.05, 4.69) is 5.32 Å². The predicted octanol–water partition coefficient (Wildman–Crippen LogP) is 2.48. The van der Waals surface area contributed by atoms with Gasteiger partial charge in [0.1, 0.15) is 0 Å². The molecule has 1 saturated heterocycles. The molecule has 2 N–H and O–H groups in total. The van der Waals surface area contributed by atoms with Gasteiger partial charge in [-0.3, -0.25) is 4.79 Å². The Bertz CT molecular complexity index is 394.